The molecule has 3 nitrogen and oxygen atoms in total. The molecule has 2 aromatic heterocycles. The number of aromatic nitrogens is 2. The number of rotatable bonds is 5. The summed E-state index contributed by atoms with van der Waals surface area (Å²) in [6, 6.07) is 2.94. The van der Waals surface area contributed by atoms with Crippen molar-refractivity contribution in [1.82, 2.24) is 15.5 Å². The minimum Gasteiger partial charge on any atom is -0.314 e. The van der Waals surface area contributed by atoms with Gasteiger partial charge in [0, 0.05) is 19.0 Å². The van der Waals surface area contributed by atoms with Crippen LogP contribution in [0.5, 0.6) is 0 Å². The SMILES string of the molecule is Cc1cc(-c2nnc(CCNC3CC3)s2)sc1Br. The van der Waals surface area contributed by atoms with Crippen molar-refractivity contribution in [2.45, 2.75) is 32.2 Å². The van der Waals surface area contributed by atoms with Gasteiger partial charge in [-0.3, -0.25) is 0 Å². The summed E-state index contributed by atoms with van der Waals surface area (Å²) in [5.74, 6) is 0. The van der Waals surface area contributed by atoms with Crippen LogP contribution in [0, 0.1) is 6.92 Å². The molecule has 3 rings (SSSR count). The highest BCUT2D eigenvalue weighted by Crippen LogP contribution is 2.36. The van der Waals surface area contributed by atoms with Crippen molar-refractivity contribution in [2.24, 2.45) is 0 Å². The number of hydrogen-bond acceptors (Lipinski definition) is 5. The molecule has 0 radical (unpaired) electrons. The molecule has 1 aliphatic rings. The molecule has 1 N–H and O–H groups in total. The van der Waals surface area contributed by atoms with Crippen LogP contribution in [-0.4, -0.2) is 22.8 Å². The Labute approximate surface area is 123 Å². The third kappa shape index (κ3) is 2.99. The lowest BCUT2D eigenvalue weighted by Gasteiger charge is -1.97. The lowest BCUT2D eigenvalue weighted by atomic mass is 10.3. The van der Waals surface area contributed by atoms with E-state index < -0.39 is 0 Å². The van der Waals surface area contributed by atoms with Crippen molar-refractivity contribution in [3.63, 3.8) is 0 Å². The Morgan fingerprint density at radius 3 is 2.89 bits per heavy atom. The summed E-state index contributed by atoms with van der Waals surface area (Å²) in [6.07, 6.45) is 3.66. The van der Waals surface area contributed by atoms with Gasteiger partial charge >= 0.3 is 0 Å². The van der Waals surface area contributed by atoms with Crippen LogP contribution in [0.15, 0.2) is 9.85 Å². The molecule has 0 aromatic carbocycles. The molecule has 1 saturated carbocycles. The van der Waals surface area contributed by atoms with Crippen LogP contribution in [0.2, 0.25) is 0 Å². The monoisotopic (exact) mass is 343 g/mol. The van der Waals surface area contributed by atoms with Crippen molar-refractivity contribution >= 4 is 38.6 Å². The number of nitrogens with one attached hydrogen (secondary N) is 1. The van der Waals surface area contributed by atoms with Crippen molar-refractivity contribution < 1.29 is 0 Å². The highest BCUT2D eigenvalue weighted by atomic mass is 79.9. The predicted octanol–water partition coefficient (Wildman–Crippen LogP) is 3.63. The first-order valence-corrected chi connectivity index (χ1v) is 8.47. The fourth-order valence-electron chi connectivity index (χ4n) is 1.69. The van der Waals surface area contributed by atoms with Gasteiger partial charge in [-0.15, -0.1) is 21.5 Å². The van der Waals surface area contributed by atoms with E-state index in [0.717, 1.165) is 29.0 Å². The molecule has 18 heavy (non-hydrogen) atoms. The first kappa shape index (κ1) is 12.7. The number of hydrogen-bond donors (Lipinski definition) is 1. The summed E-state index contributed by atoms with van der Waals surface area (Å²) in [5, 5.41) is 14.2. The van der Waals surface area contributed by atoms with Gasteiger partial charge in [-0.05, 0) is 47.3 Å². The van der Waals surface area contributed by atoms with Crippen molar-refractivity contribution in [1.29, 1.82) is 0 Å². The standard InChI is InChI=1S/C12H14BrN3S2/c1-7-6-9(17-11(7)13)12-16-15-10(18-12)4-5-14-8-2-3-8/h6,8,14H,2-5H2,1H3. The highest BCUT2D eigenvalue weighted by Gasteiger charge is 2.20. The average molecular weight is 344 g/mol. The second-order valence-electron chi connectivity index (χ2n) is 4.55. The zero-order valence-corrected chi connectivity index (χ0v) is 13.3. The van der Waals surface area contributed by atoms with Crippen molar-refractivity contribution in [3.8, 4) is 9.88 Å². The van der Waals surface area contributed by atoms with E-state index in [2.05, 4.69) is 44.4 Å². The smallest absolute Gasteiger partial charge is 0.157 e. The Morgan fingerprint density at radius 1 is 1.39 bits per heavy atom. The Hall–Kier alpha value is -0.300. The third-order valence-electron chi connectivity index (χ3n) is 2.88. The molecule has 1 fully saturated rings. The third-order valence-corrected chi connectivity index (χ3v) is 6.17. The summed E-state index contributed by atoms with van der Waals surface area (Å²) in [5.41, 5.74) is 1.27. The molecule has 0 amide bonds. The van der Waals surface area contributed by atoms with E-state index in [9.17, 15) is 0 Å². The number of halogens is 1. The molecule has 0 unspecified atom stereocenters. The number of aryl methyl sites for hydroxylation is 1. The van der Waals surface area contributed by atoms with Gasteiger partial charge in [0.1, 0.15) is 5.01 Å². The van der Waals surface area contributed by atoms with Gasteiger partial charge in [0.2, 0.25) is 0 Å². The van der Waals surface area contributed by atoms with E-state index in [4.69, 9.17) is 0 Å². The van der Waals surface area contributed by atoms with Gasteiger partial charge in [0.15, 0.2) is 5.01 Å². The van der Waals surface area contributed by atoms with Gasteiger partial charge in [-0.25, -0.2) is 0 Å². The molecule has 0 bridgehead atoms. The molecule has 1 aliphatic carbocycles. The van der Waals surface area contributed by atoms with Gasteiger partial charge in [-0.1, -0.05) is 11.3 Å². The summed E-state index contributed by atoms with van der Waals surface area (Å²) in [6.45, 7) is 3.12. The second kappa shape index (κ2) is 5.36. The Morgan fingerprint density at radius 2 is 2.22 bits per heavy atom. The largest absolute Gasteiger partial charge is 0.314 e. The number of thiophene rings is 1. The van der Waals surface area contributed by atoms with E-state index in [1.54, 1.807) is 22.7 Å². The van der Waals surface area contributed by atoms with Crippen molar-refractivity contribution in [3.05, 3.63) is 20.4 Å². The Balaban J connectivity index is 1.64. The fourth-order valence-corrected chi connectivity index (χ4v) is 4.10. The summed E-state index contributed by atoms with van der Waals surface area (Å²) >= 11 is 6.99. The van der Waals surface area contributed by atoms with Crippen LogP contribution in [0.1, 0.15) is 23.4 Å². The second-order valence-corrected chi connectivity index (χ2v) is 7.98. The topological polar surface area (TPSA) is 37.8 Å². The maximum Gasteiger partial charge on any atom is 0.157 e. The Bertz CT molecular complexity index is 526. The van der Waals surface area contributed by atoms with Crippen LogP contribution in [0.4, 0.5) is 0 Å². The van der Waals surface area contributed by atoms with Crippen LogP contribution >= 0.6 is 38.6 Å². The molecule has 0 atom stereocenters. The maximum atomic E-state index is 4.28. The maximum absolute atomic E-state index is 4.28. The first-order chi connectivity index (χ1) is 8.72. The zero-order valence-electron chi connectivity index (χ0n) is 10.1. The van der Waals surface area contributed by atoms with E-state index in [1.807, 2.05) is 0 Å². The van der Waals surface area contributed by atoms with Gasteiger partial charge in [0.05, 0.1) is 8.66 Å². The Kier molecular flexibility index (Phi) is 3.79. The molecular weight excluding hydrogens is 330 g/mol. The highest BCUT2D eigenvalue weighted by molar-refractivity contribution is 9.11. The minimum absolute atomic E-state index is 0.772. The van der Waals surface area contributed by atoms with Gasteiger partial charge in [-0.2, -0.15) is 0 Å². The normalized spacial score (nSPS) is 15.2. The van der Waals surface area contributed by atoms with Gasteiger partial charge in [0.25, 0.3) is 0 Å². The summed E-state index contributed by atoms with van der Waals surface area (Å²) in [4.78, 5) is 1.21. The molecule has 2 aromatic rings. The lowest BCUT2D eigenvalue weighted by molar-refractivity contribution is 0.677. The molecule has 2 heterocycles. The number of nitrogens with zero attached hydrogens (tertiary/aromatic N) is 2. The molecular formula is C12H14BrN3S2. The van der Waals surface area contributed by atoms with Crippen LogP contribution in [0.3, 0.4) is 0 Å². The van der Waals surface area contributed by atoms with Crippen LogP contribution in [-0.2, 0) is 6.42 Å². The van der Waals surface area contributed by atoms with Gasteiger partial charge < -0.3 is 5.32 Å². The molecule has 0 saturated heterocycles. The van der Waals surface area contributed by atoms with Crippen LogP contribution < -0.4 is 5.32 Å². The van der Waals surface area contributed by atoms with E-state index >= 15 is 0 Å². The van der Waals surface area contributed by atoms with E-state index in [0.29, 0.717) is 0 Å². The first-order valence-electron chi connectivity index (χ1n) is 6.04. The lowest BCUT2D eigenvalue weighted by Crippen LogP contribution is -2.19. The summed E-state index contributed by atoms with van der Waals surface area (Å²) < 4.78 is 1.18. The molecule has 96 valence electrons. The molecule has 0 aliphatic heterocycles. The van der Waals surface area contributed by atoms with E-state index in [1.165, 1.54) is 27.1 Å². The quantitative estimate of drug-likeness (QED) is 0.900. The zero-order chi connectivity index (χ0) is 12.5. The fraction of sp³-hybridized carbons (Fsp3) is 0.500. The molecule has 0 spiro atoms. The van der Waals surface area contributed by atoms with Crippen molar-refractivity contribution in [2.75, 3.05) is 6.54 Å². The van der Waals surface area contributed by atoms with E-state index in [-0.39, 0.29) is 0 Å². The predicted molar refractivity (Wildman–Crippen MR) is 80.4 cm³/mol. The van der Waals surface area contributed by atoms with Crippen LogP contribution in [0.25, 0.3) is 9.88 Å². The summed E-state index contributed by atoms with van der Waals surface area (Å²) in [7, 11) is 0. The molecule has 6 heteroatoms. The minimum atomic E-state index is 0.772. The average Bonchev–Trinajstić information content (AvgIpc) is 2.94.